The average molecular weight is 417 g/mol. The minimum Gasteiger partial charge on any atom is -0.332 e. The van der Waals surface area contributed by atoms with E-state index in [4.69, 9.17) is 4.98 Å². The van der Waals surface area contributed by atoms with Crippen molar-refractivity contribution in [2.24, 2.45) is 9.98 Å². The third kappa shape index (κ3) is 4.39. The fourth-order valence-corrected chi connectivity index (χ4v) is 4.80. The van der Waals surface area contributed by atoms with Crippen LogP contribution in [0.2, 0.25) is 0 Å². The van der Waals surface area contributed by atoms with Crippen molar-refractivity contribution < 1.29 is 4.79 Å². The first kappa shape index (κ1) is 20.2. The van der Waals surface area contributed by atoms with E-state index in [1.54, 1.807) is 18.4 Å². The number of carbonyl (C=O) groups excluding carboxylic acids is 1. The number of nitrogens with one attached hydrogen (secondary N) is 1. The minimum atomic E-state index is -0.272. The van der Waals surface area contributed by atoms with E-state index in [0.29, 0.717) is 0 Å². The number of aliphatic imine (C=N–C) groups is 2. The van der Waals surface area contributed by atoms with Crippen LogP contribution in [0.15, 0.2) is 63.9 Å². The Bertz CT molecular complexity index is 1100. The van der Waals surface area contributed by atoms with Gasteiger partial charge in [-0.1, -0.05) is 54.1 Å². The molecule has 0 saturated carbocycles. The minimum absolute atomic E-state index is 0.0331. The smallest absolute Gasteiger partial charge is 0.332 e. The predicted octanol–water partition coefficient (Wildman–Crippen LogP) is 5.05. The van der Waals surface area contributed by atoms with E-state index in [1.807, 2.05) is 25.3 Å². The van der Waals surface area contributed by atoms with E-state index in [-0.39, 0.29) is 18.0 Å². The largest absolute Gasteiger partial charge is 0.341 e. The van der Waals surface area contributed by atoms with Gasteiger partial charge in [0.05, 0.1) is 11.6 Å². The maximum absolute atomic E-state index is 12.1. The molecule has 2 aromatic carbocycles. The molecule has 4 rings (SSSR count). The van der Waals surface area contributed by atoms with Gasteiger partial charge in [-0.15, -0.1) is 11.3 Å². The van der Waals surface area contributed by atoms with Crippen molar-refractivity contribution in [3.05, 3.63) is 75.6 Å². The van der Waals surface area contributed by atoms with E-state index in [1.165, 1.54) is 11.1 Å². The van der Waals surface area contributed by atoms with Crippen molar-refractivity contribution in [1.82, 2.24) is 10.3 Å². The highest BCUT2D eigenvalue weighted by atomic mass is 32.1. The van der Waals surface area contributed by atoms with Gasteiger partial charge in [-0.25, -0.2) is 14.8 Å². The van der Waals surface area contributed by atoms with Crippen molar-refractivity contribution in [1.29, 1.82) is 0 Å². The molecule has 0 aliphatic carbocycles. The Balaban J connectivity index is 1.62. The zero-order valence-electron chi connectivity index (χ0n) is 17.3. The maximum atomic E-state index is 12.1. The lowest BCUT2D eigenvalue weighted by atomic mass is 9.89. The monoisotopic (exact) mass is 416 g/mol. The fourth-order valence-electron chi connectivity index (χ4n) is 3.74. The predicted molar refractivity (Wildman–Crippen MR) is 124 cm³/mol. The number of rotatable bonds is 5. The molecule has 2 heterocycles. The summed E-state index contributed by atoms with van der Waals surface area (Å²) in [7, 11) is 1.76. The van der Waals surface area contributed by atoms with E-state index in [9.17, 15) is 4.79 Å². The van der Waals surface area contributed by atoms with Gasteiger partial charge in [0.15, 0.2) is 0 Å². The summed E-state index contributed by atoms with van der Waals surface area (Å²) in [5, 5.41) is 6.10. The first-order valence-electron chi connectivity index (χ1n) is 9.93. The van der Waals surface area contributed by atoms with E-state index < -0.39 is 0 Å². The van der Waals surface area contributed by atoms with Crippen LogP contribution in [0.5, 0.6) is 0 Å². The Kier molecular flexibility index (Phi) is 5.86. The second kappa shape index (κ2) is 8.71. The molecule has 1 aliphatic heterocycles. The summed E-state index contributed by atoms with van der Waals surface area (Å²) in [6, 6.07) is 16.3. The molecule has 152 valence electrons. The quantitative estimate of drug-likeness (QED) is 0.592. The van der Waals surface area contributed by atoms with Crippen molar-refractivity contribution in [3.8, 4) is 11.3 Å². The number of aromatic nitrogens is 1. The Hall–Kier alpha value is -3.12. The highest BCUT2D eigenvalue weighted by Gasteiger charge is 2.33. The number of thiazole rings is 1. The fraction of sp³-hybridized carbons (Fsp3) is 0.250. The number of benzene rings is 2. The molecule has 2 amide bonds. The van der Waals surface area contributed by atoms with Crippen LogP contribution in [0.1, 0.15) is 34.5 Å². The molecule has 1 aromatic heterocycles. The number of amides is 2. The summed E-state index contributed by atoms with van der Waals surface area (Å²) in [4.78, 5) is 25.2. The molecule has 30 heavy (non-hydrogen) atoms. The molecule has 5 nitrogen and oxygen atoms in total. The Labute approximate surface area is 180 Å². The van der Waals surface area contributed by atoms with E-state index in [0.717, 1.165) is 34.0 Å². The molecule has 0 radical (unpaired) electrons. The molecule has 3 aromatic rings. The van der Waals surface area contributed by atoms with Gasteiger partial charge in [0, 0.05) is 36.0 Å². The number of urea groups is 1. The first-order valence-corrected chi connectivity index (χ1v) is 10.8. The van der Waals surface area contributed by atoms with Crippen LogP contribution in [-0.2, 0) is 6.42 Å². The van der Waals surface area contributed by atoms with Gasteiger partial charge >= 0.3 is 6.03 Å². The van der Waals surface area contributed by atoms with Crippen LogP contribution in [0.25, 0.3) is 11.3 Å². The number of hydrogen-bond acceptors (Lipinski definition) is 4. The van der Waals surface area contributed by atoms with Crippen molar-refractivity contribution in [2.75, 3.05) is 7.05 Å². The number of carbonyl (C=O) groups is 1. The average Bonchev–Trinajstić information content (AvgIpc) is 3.20. The summed E-state index contributed by atoms with van der Waals surface area (Å²) in [6.45, 7) is 4.00. The number of hydrogen-bond donors (Lipinski definition) is 1. The lowest BCUT2D eigenvalue weighted by molar-refractivity contribution is 0.242. The van der Waals surface area contributed by atoms with Gasteiger partial charge in [0.2, 0.25) is 0 Å². The SMILES string of the molecule is CN=Cc1ccc(-c2csc(C3C(C)=NC(=O)NC3Cc3ccc(C)cc3)n2)cc1. The third-order valence-electron chi connectivity index (χ3n) is 5.29. The lowest BCUT2D eigenvalue weighted by Crippen LogP contribution is -2.46. The van der Waals surface area contributed by atoms with Crippen LogP contribution in [0, 0.1) is 6.92 Å². The molecular formula is C24H24N4OS. The van der Waals surface area contributed by atoms with E-state index in [2.05, 4.69) is 64.0 Å². The van der Waals surface area contributed by atoms with E-state index >= 15 is 0 Å². The highest BCUT2D eigenvalue weighted by molar-refractivity contribution is 7.10. The number of nitrogens with zero attached hydrogens (tertiary/aromatic N) is 3. The second-order valence-electron chi connectivity index (χ2n) is 7.56. The maximum Gasteiger partial charge on any atom is 0.341 e. The Morgan fingerprint density at radius 3 is 2.53 bits per heavy atom. The first-order chi connectivity index (χ1) is 14.5. The molecular weight excluding hydrogens is 392 g/mol. The molecule has 6 heteroatoms. The normalized spacial score (nSPS) is 19.0. The van der Waals surface area contributed by atoms with Crippen molar-refractivity contribution in [2.45, 2.75) is 32.2 Å². The highest BCUT2D eigenvalue weighted by Crippen LogP contribution is 2.32. The van der Waals surface area contributed by atoms with Crippen molar-refractivity contribution >= 4 is 29.3 Å². The zero-order valence-corrected chi connectivity index (χ0v) is 18.1. The molecule has 0 spiro atoms. The molecule has 2 unspecified atom stereocenters. The van der Waals surface area contributed by atoms with Crippen LogP contribution >= 0.6 is 11.3 Å². The van der Waals surface area contributed by atoms with Gasteiger partial charge < -0.3 is 5.32 Å². The van der Waals surface area contributed by atoms with Gasteiger partial charge in [-0.2, -0.15) is 0 Å². The van der Waals surface area contributed by atoms with Gasteiger partial charge in [0.1, 0.15) is 5.01 Å². The summed E-state index contributed by atoms with van der Waals surface area (Å²) in [6.07, 6.45) is 2.57. The topological polar surface area (TPSA) is 66.7 Å². The van der Waals surface area contributed by atoms with Crippen LogP contribution in [0.4, 0.5) is 4.79 Å². The standard InChI is InChI=1S/C24H24N4OS/c1-15-4-6-17(7-5-15)12-20-22(16(2)26-24(29)28-20)23-27-21(14-30-23)19-10-8-18(9-11-19)13-25-3/h4-11,13-14,20,22H,12H2,1-3H3,(H,28,29). The third-order valence-corrected chi connectivity index (χ3v) is 6.22. The summed E-state index contributed by atoms with van der Waals surface area (Å²) < 4.78 is 0. The second-order valence-corrected chi connectivity index (χ2v) is 8.45. The molecule has 0 saturated heterocycles. The molecule has 1 aliphatic rings. The Morgan fingerprint density at radius 2 is 1.83 bits per heavy atom. The lowest BCUT2D eigenvalue weighted by Gasteiger charge is -2.29. The van der Waals surface area contributed by atoms with Crippen molar-refractivity contribution in [3.63, 3.8) is 0 Å². The van der Waals surface area contributed by atoms with Gasteiger partial charge in [-0.3, -0.25) is 4.99 Å². The zero-order chi connectivity index (χ0) is 21.1. The summed E-state index contributed by atoms with van der Waals surface area (Å²) >= 11 is 1.62. The van der Waals surface area contributed by atoms with Crippen LogP contribution < -0.4 is 5.32 Å². The number of aryl methyl sites for hydroxylation is 1. The molecule has 2 atom stereocenters. The molecule has 1 N–H and O–H groups in total. The Morgan fingerprint density at radius 1 is 1.10 bits per heavy atom. The van der Waals surface area contributed by atoms with Crippen LogP contribution in [0.3, 0.4) is 0 Å². The molecule has 0 fully saturated rings. The van der Waals surface area contributed by atoms with Gasteiger partial charge in [-0.05, 0) is 31.4 Å². The molecule has 0 bridgehead atoms. The van der Waals surface area contributed by atoms with Crippen LogP contribution in [-0.4, -0.2) is 36.0 Å². The summed E-state index contributed by atoms with van der Waals surface area (Å²) in [5.74, 6) is -0.0331. The van der Waals surface area contributed by atoms with Gasteiger partial charge in [0.25, 0.3) is 0 Å². The summed E-state index contributed by atoms with van der Waals surface area (Å²) in [5.41, 5.74) is 6.29.